The molecule has 2 heteroatoms. The van der Waals surface area contributed by atoms with Gasteiger partial charge < -0.3 is 4.74 Å². The summed E-state index contributed by atoms with van der Waals surface area (Å²) in [5.41, 5.74) is 4.79. The molecule has 2 rings (SSSR count). The number of ether oxygens (including phenoxy) is 1. The van der Waals surface area contributed by atoms with Crippen LogP contribution >= 0.6 is 0 Å². The molecule has 0 saturated heterocycles. The molecule has 0 aromatic heterocycles. The molecule has 2 aromatic carbocycles. The van der Waals surface area contributed by atoms with Crippen LogP contribution in [0.3, 0.4) is 0 Å². The highest BCUT2D eigenvalue weighted by molar-refractivity contribution is 5.78. The minimum absolute atomic E-state index is 0.198. The van der Waals surface area contributed by atoms with Gasteiger partial charge >= 0.3 is 5.97 Å². The molecule has 0 radical (unpaired) electrons. The second-order valence-corrected chi connectivity index (χ2v) is 6.73. The number of methoxy groups -OCH3 is 1. The molecule has 0 fully saturated rings. The third kappa shape index (κ3) is 5.74. The van der Waals surface area contributed by atoms with Crippen molar-refractivity contribution < 1.29 is 9.53 Å². The summed E-state index contributed by atoms with van der Waals surface area (Å²) >= 11 is 0. The van der Waals surface area contributed by atoms with Gasteiger partial charge in [0.15, 0.2) is 0 Å². The van der Waals surface area contributed by atoms with Crippen molar-refractivity contribution in [2.45, 2.75) is 58.3 Å². The van der Waals surface area contributed by atoms with Gasteiger partial charge in [-0.25, -0.2) is 0 Å². The Morgan fingerprint density at radius 2 is 1.44 bits per heavy atom. The number of aryl methyl sites for hydroxylation is 1. The van der Waals surface area contributed by atoms with Crippen molar-refractivity contribution in [3.63, 3.8) is 0 Å². The Kier molecular flexibility index (Phi) is 7.72. The first-order valence-corrected chi connectivity index (χ1v) is 9.42. The Hall–Kier alpha value is -2.09. The molecule has 2 nitrogen and oxygen atoms in total. The van der Waals surface area contributed by atoms with Gasteiger partial charge in [-0.3, -0.25) is 4.79 Å². The van der Waals surface area contributed by atoms with Crippen LogP contribution in [0.4, 0.5) is 0 Å². The van der Waals surface area contributed by atoms with Gasteiger partial charge in [0.25, 0.3) is 0 Å². The highest BCUT2D eigenvalue weighted by Gasteiger charge is 2.15. The maximum atomic E-state index is 11.6. The lowest BCUT2D eigenvalue weighted by molar-refractivity contribution is -0.141. The number of hydrogen-bond donors (Lipinski definition) is 0. The third-order valence-electron chi connectivity index (χ3n) is 4.82. The average Bonchev–Trinajstić information content (AvgIpc) is 2.67. The van der Waals surface area contributed by atoms with Crippen molar-refractivity contribution >= 4 is 5.97 Å². The van der Waals surface area contributed by atoms with E-state index >= 15 is 0 Å². The summed E-state index contributed by atoms with van der Waals surface area (Å²) in [6, 6.07) is 17.0. The summed E-state index contributed by atoms with van der Waals surface area (Å²) in [6.07, 6.45) is 7.77. The van der Waals surface area contributed by atoms with Crippen molar-refractivity contribution in [1.29, 1.82) is 0 Å². The number of rotatable bonds is 9. The Morgan fingerprint density at radius 3 is 2.00 bits per heavy atom. The molecule has 0 spiro atoms. The standard InChI is InChI=1S/C23H30O2/c1-4-5-6-7-8-9-19-10-12-21(13-11-19)22-16-14-20(15-17-22)18(2)23(24)25-3/h10-18H,4-9H2,1-3H3. The lowest BCUT2D eigenvalue weighted by Gasteiger charge is -2.10. The predicted molar refractivity (Wildman–Crippen MR) is 105 cm³/mol. The summed E-state index contributed by atoms with van der Waals surface area (Å²) < 4.78 is 4.81. The zero-order valence-electron chi connectivity index (χ0n) is 15.8. The molecular weight excluding hydrogens is 308 g/mol. The Morgan fingerprint density at radius 1 is 0.880 bits per heavy atom. The van der Waals surface area contributed by atoms with E-state index in [0.717, 1.165) is 5.56 Å². The van der Waals surface area contributed by atoms with Crippen LogP contribution in [0.1, 0.15) is 63.0 Å². The van der Waals surface area contributed by atoms with Crippen LogP contribution in [-0.4, -0.2) is 13.1 Å². The van der Waals surface area contributed by atoms with Crippen LogP contribution in [0.15, 0.2) is 48.5 Å². The molecule has 134 valence electrons. The molecule has 0 saturated carbocycles. The molecule has 0 amide bonds. The first kappa shape index (κ1) is 19.2. The molecule has 0 bridgehead atoms. The van der Waals surface area contributed by atoms with E-state index < -0.39 is 0 Å². The van der Waals surface area contributed by atoms with Crippen LogP contribution in [0.5, 0.6) is 0 Å². The molecule has 2 aromatic rings. The van der Waals surface area contributed by atoms with Crippen LogP contribution < -0.4 is 0 Å². The number of unbranched alkanes of at least 4 members (excludes halogenated alkanes) is 4. The van der Waals surface area contributed by atoms with Gasteiger partial charge in [0.2, 0.25) is 0 Å². The predicted octanol–water partition coefficient (Wildman–Crippen LogP) is 6.14. The molecule has 25 heavy (non-hydrogen) atoms. The van der Waals surface area contributed by atoms with Gasteiger partial charge in [0, 0.05) is 0 Å². The topological polar surface area (TPSA) is 26.3 Å². The van der Waals surface area contributed by atoms with E-state index in [2.05, 4.69) is 43.3 Å². The van der Waals surface area contributed by atoms with Crippen molar-refractivity contribution in [2.24, 2.45) is 0 Å². The maximum Gasteiger partial charge on any atom is 0.312 e. The molecule has 0 heterocycles. The minimum atomic E-state index is -0.228. The summed E-state index contributed by atoms with van der Waals surface area (Å²) in [6.45, 7) is 4.12. The molecule has 0 aliphatic heterocycles. The molecule has 0 N–H and O–H groups in total. The number of benzene rings is 2. The number of carbonyl (C=O) groups is 1. The van der Waals surface area contributed by atoms with Gasteiger partial charge in [-0.1, -0.05) is 81.1 Å². The Bertz CT molecular complexity index is 641. The second-order valence-electron chi connectivity index (χ2n) is 6.73. The van der Waals surface area contributed by atoms with Crippen molar-refractivity contribution in [3.05, 3.63) is 59.7 Å². The van der Waals surface area contributed by atoms with Crippen LogP contribution in [0.25, 0.3) is 11.1 Å². The largest absolute Gasteiger partial charge is 0.469 e. The Balaban J connectivity index is 1.94. The first-order chi connectivity index (χ1) is 12.2. The summed E-state index contributed by atoms with van der Waals surface area (Å²) in [5, 5.41) is 0. The van der Waals surface area contributed by atoms with Crippen molar-refractivity contribution in [3.8, 4) is 11.1 Å². The average molecular weight is 338 g/mol. The van der Waals surface area contributed by atoms with Crippen molar-refractivity contribution in [1.82, 2.24) is 0 Å². The van der Waals surface area contributed by atoms with Gasteiger partial charge in [-0.05, 0) is 42.0 Å². The summed E-state index contributed by atoms with van der Waals surface area (Å²) in [4.78, 5) is 11.6. The Labute approximate surface area is 152 Å². The zero-order valence-corrected chi connectivity index (χ0v) is 15.8. The highest BCUT2D eigenvalue weighted by atomic mass is 16.5. The van der Waals surface area contributed by atoms with E-state index in [1.807, 2.05) is 19.1 Å². The fraction of sp³-hybridized carbons (Fsp3) is 0.435. The van der Waals surface area contributed by atoms with E-state index in [9.17, 15) is 4.79 Å². The van der Waals surface area contributed by atoms with E-state index in [1.165, 1.54) is 62.3 Å². The van der Waals surface area contributed by atoms with Crippen LogP contribution in [-0.2, 0) is 16.0 Å². The monoisotopic (exact) mass is 338 g/mol. The van der Waals surface area contributed by atoms with E-state index in [1.54, 1.807) is 0 Å². The van der Waals surface area contributed by atoms with E-state index in [4.69, 9.17) is 4.74 Å². The van der Waals surface area contributed by atoms with Gasteiger partial charge in [0.1, 0.15) is 0 Å². The normalized spacial score (nSPS) is 12.0. The lowest BCUT2D eigenvalue weighted by Crippen LogP contribution is -2.10. The quantitative estimate of drug-likeness (QED) is 0.405. The number of carbonyl (C=O) groups excluding carboxylic acids is 1. The molecule has 1 unspecified atom stereocenters. The zero-order chi connectivity index (χ0) is 18.1. The van der Waals surface area contributed by atoms with Crippen LogP contribution in [0, 0.1) is 0 Å². The lowest BCUT2D eigenvalue weighted by atomic mass is 9.96. The summed E-state index contributed by atoms with van der Waals surface area (Å²) in [7, 11) is 1.43. The van der Waals surface area contributed by atoms with Gasteiger partial charge in [-0.2, -0.15) is 0 Å². The fourth-order valence-corrected chi connectivity index (χ4v) is 3.07. The summed E-state index contributed by atoms with van der Waals surface area (Å²) in [5.74, 6) is -0.426. The molecular formula is C23H30O2. The first-order valence-electron chi connectivity index (χ1n) is 9.42. The maximum absolute atomic E-state index is 11.6. The third-order valence-corrected chi connectivity index (χ3v) is 4.82. The van der Waals surface area contributed by atoms with E-state index in [-0.39, 0.29) is 11.9 Å². The number of hydrogen-bond acceptors (Lipinski definition) is 2. The second kappa shape index (κ2) is 10.0. The number of esters is 1. The molecule has 1 atom stereocenters. The molecule has 0 aliphatic carbocycles. The van der Waals surface area contributed by atoms with Crippen molar-refractivity contribution in [2.75, 3.05) is 7.11 Å². The van der Waals surface area contributed by atoms with Gasteiger partial charge in [0.05, 0.1) is 13.0 Å². The van der Waals surface area contributed by atoms with Crippen LogP contribution in [0.2, 0.25) is 0 Å². The SMILES string of the molecule is CCCCCCCc1ccc(-c2ccc(C(C)C(=O)OC)cc2)cc1. The van der Waals surface area contributed by atoms with E-state index in [0.29, 0.717) is 0 Å². The van der Waals surface area contributed by atoms with Gasteiger partial charge in [-0.15, -0.1) is 0 Å². The smallest absolute Gasteiger partial charge is 0.312 e. The molecule has 0 aliphatic rings. The minimum Gasteiger partial charge on any atom is -0.469 e. The fourth-order valence-electron chi connectivity index (χ4n) is 3.07. The highest BCUT2D eigenvalue weighted by Crippen LogP contribution is 2.24.